The molecule has 7 heteroatoms. The highest BCUT2D eigenvalue weighted by Gasteiger charge is 2.33. The highest BCUT2D eigenvalue weighted by atomic mass is 16.5. The zero-order chi connectivity index (χ0) is 14.4. The molecule has 0 amide bonds. The standard InChI is InChI=1S/C13H23N5O2/c1-2-20-8-12-15-10(7-11(16-12)18-14)17-13(9-19)5-3-4-6-13/h7,19H,2-6,8-9,14H2,1H3,(H2,15,16,17,18). The summed E-state index contributed by atoms with van der Waals surface area (Å²) < 4.78 is 5.32. The Labute approximate surface area is 118 Å². The van der Waals surface area contributed by atoms with Crippen LogP contribution in [0.15, 0.2) is 6.07 Å². The number of nitrogens with two attached hydrogens (primary N) is 1. The number of aliphatic hydroxyl groups excluding tert-OH is 1. The Morgan fingerprint density at radius 3 is 2.65 bits per heavy atom. The summed E-state index contributed by atoms with van der Waals surface area (Å²) in [5.41, 5.74) is 2.26. The minimum Gasteiger partial charge on any atom is -0.394 e. The largest absolute Gasteiger partial charge is 0.394 e. The Morgan fingerprint density at radius 2 is 2.05 bits per heavy atom. The summed E-state index contributed by atoms with van der Waals surface area (Å²) >= 11 is 0. The predicted octanol–water partition coefficient (Wildman–Crippen LogP) is 1.02. The van der Waals surface area contributed by atoms with Crippen LogP contribution >= 0.6 is 0 Å². The van der Waals surface area contributed by atoms with Crippen LogP contribution in [0.2, 0.25) is 0 Å². The molecule has 0 atom stereocenters. The summed E-state index contributed by atoms with van der Waals surface area (Å²) in [7, 11) is 0. The molecule has 1 aliphatic rings. The zero-order valence-electron chi connectivity index (χ0n) is 11.9. The number of nitrogens with zero attached hydrogens (tertiary/aromatic N) is 2. The maximum Gasteiger partial charge on any atom is 0.158 e. The quantitative estimate of drug-likeness (QED) is 0.436. The highest BCUT2D eigenvalue weighted by Crippen LogP contribution is 2.32. The van der Waals surface area contributed by atoms with Gasteiger partial charge in [0.2, 0.25) is 0 Å². The fourth-order valence-corrected chi connectivity index (χ4v) is 2.54. The number of rotatable bonds is 7. The first-order chi connectivity index (χ1) is 9.71. The molecular formula is C13H23N5O2. The minimum atomic E-state index is -0.275. The van der Waals surface area contributed by atoms with E-state index in [9.17, 15) is 5.11 Å². The summed E-state index contributed by atoms with van der Waals surface area (Å²) in [5, 5.41) is 13.0. The second kappa shape index (κ2) is 6.83. The Bertz CT molecular complexity index is 435. The van der Waals surface area contributed by atoms with Crippen molar-refractivity contribution in [2.75, 3.05) is 24.0 Å². The number of aliphatic hydroxyl groups is 1. The molecule has 0 aliphatic heterocycles. The van der Waals surface area contributed by atoms with Crippen molar-refractivity contribution in [3.8, 4) is 0 Å². The average Bonchev–Trinajstić information content (AvgIpc) is 2.94. The molecule has 1 saturated carbocycles. The number of nitrogens with one attached hydrogen (secondary N) is 2. The van der Waals surface area contributed by atoms with Gasteiger partial charge in [0.25, 0.3) is 0 Å². The van der Waals surface area contributed by atoms with Gasteiger partial charge in [-0.1, -0.05) is 12.8 Å². The highest BCUT2D eigenvalue weighted by molar-refractivity contribution is 5.48. The molecule has 1 aromatic heterocycles. The fraction of sp³-hybridized carbons (Fsp3) is 0.692. The van der Waals surface area contributed by atoms with Crippen molar-refractivity contribution in [1.82, 2.24) is 9.97 Å². The fourth-order valence-electron chi connectivity index (χ4n) is 2.54. The van der Waals surface area contributed by atoms with E-state index in [-0.39, 0.29) is 12.1 Å². The third-order valence-corrected chi connectivity index (χ3v) is 3.61. The lowest BCUT2D eigenvalue weighted by molar-refractivity contribution is 0.128. The van der Waals surface area contributed by atoms with Gasteiger partial charge in [0.15, 0.2) is 5.82 Å². The van der Waals surface area contributed by atoms with E-state index < -0.39 is 0 Å². The number of aromatic nitrogens is 2. The van der Waals surface area contributed by atoms with Gasteiger partial charge in [0.05, 0.1) is 12.1 Å². The SMILES string of the molecule is CCOCc1nc(NN)cc(NC2(CO)CCCC2)n1. The van der Waals surface area contributed by atoms with Crippen LogP contribution in [0.25, 0.3) is 0 Å². The lowest BCUT2D eigenvalue weighted by Gasteiger charge is -2.28. The number of ether oxygens (including phenoxy) is 1. The third kappa shape index (κ3) is 3.56. The number of hydrogen-bond donors (Lipinski definition) is 4. The summed E-state index contributed by atoms with van der Waals surface area (Å²) in [4.78, 5) is 8.66. The van der Waals surface area contributed by atoms with Crippen LogP contribution in [-0.2, 0) is 11.3 Å². The third-order valence-electron chi connectivity index (χ3n) is 3.61. The van der Waals surface area contributed by atoms with E-state index in [0.29, 0.717) is 30.7 Å². The predicted molar refractivity (Wildman–Crippen MR) is 77.1 cm³/mol. The maximum atomic E-state index is 9.64. The van der Waals surface area contributed by atoms with Crippen molar-refractivity contribution in [3.63, 3.8) is 0 Å². The van der Waals surface area contributed by atoms with Crippen molar-refractivity contribution < 1.29 is 9.84 Å². The van der Waals surface area contributed by atoms with Crippen molar-refractivity contribution in [3.05, 3.63) is 11.9 Å². The molecule has 0 unspecified atom stereocenters. The summed E-state index contributed by atoms with van der Waals surface area (Å²) in [6.07, 6.45) is 4.12. The normalized spacial score (nSPS) is 17.1. The molecule has 0 spiro atoms. The van der Waals surface area contributed by atoms with Crippen LogP contribution in [-0.4, -0.2) is 33.8 Å². The lowest BCUT2D eigenvalue weighted by Crippen LogP contribution is -2.39. The van der Waals surface area contributed by atoms with Crippen molar-refractivity contribution >= 4 is 11.6 Å². The Hall–Kier alpha value is -1.44. The molecule has 7 nitrogen and oxygen atoms in total. The summed E-state index contributed by atoms with van der Waals surface area (Å²) in [5.74, 6) is 7.19. The molecule has 1 aliphatic carbocycles. The van der Waals surface area contributed by atoms with Crippen LogP contribution in [0.4, 0.5) is 11.6 Å². The molecule has 20 heavy (non-hydrogen) atoms. The number of hydrogen-bond acceptors (Lipinski definition) is 7. The van der Waals surface area contributed by atoms with Crippen LogP contribution in [0.5, 0.6) is 0 Å². The molecule has 112 valence electrons. The maximum absolute atomic E-state index is 9.64. The number of anilines is 2. The monoisotopic (exact) mass is 281 g/mol. The van der Waals surface area contributed by atoms with Crippen molar-refractivity contribution in [2.45, 2.75) is 44.8 Å². The molecule has 5 N–H and O–H groups in total. The smallest absolute Gasteiger partial charge is 0.158 e. The van der Waals surface area contributed by atoms with Crippen molar-refractivity contribution in [2.24, 2.45) is 5.84 Å². The molecule has 2 rings (SSSR count). The summed E-state index contributed by atoms with van der Waals surface area (Å²) in [6.45, 7) is 2.96. The van der Waals surface area contributed by atoms with E-state index in [0.717, 1.165) is 25.7 Å². The second-order valence-electron chi connectivity index (χ2n) is 5.11. The topological polar surface area (TPSA) is 105 Å². The van der Waals surface area contributed by atoms with Crippen LogP contribution < -0.4 is 16.6 Å². The van der Waals surface area contributed by atoms with Gasteiger partial charge in [-0.3, -0.25) is 0 Å². The Balaban J connectivity index is 2.17. The first-order valence-corrected chi connectivity index (χ1v) is 7.03. The van der Waals surface area contributed by atoms with Gasteiger partial charge in [-0.05, 0) is 19.8 Å². The Morgan fingerprint density at radius 1 is 1.35 bits per heavy atom. The number of hydrazine groups is 1. The van der Waals surface area contributed by atoms with Gasteiger partial charge in [0, 0.05) is 12.7 Å². The van der Waals surface area contributed by atoms with Crippen LogP contribution in [0, 0.1) is 0 Å². The minimum absolute atomic E-state index is 0.100. The molecule has 0 aromatic carbocycles. The lowest BCUT2D eigenvalue weighted by atomic mass is 9.99. The molecule has 1 fully saturated rings. The zero-order valence-corrected chi connectivity index (χ0v) is 11.9. The Kier molecular flexibility index (Phi) is 5.11. The van der Waals surface area contributed by atoms with Gasteiger partial charge in [0.1, 0.15) is 18.2 Å². The van der Waals surface area contributed by atoms with Gasteiger partial charge in [-0.15, -0.1) is 0 Å². The van der Waals surface area contributed by atoms with Gasteiger partial charge < -0.3 is 20.6 Å². The van der Waals surface area contributed by atoms with Gasteiger partial charge in [-0.25, -0.2) is 15.8 Å². The summed E-state index contributed by atoms with van der Waals surface area (Å²) in [6, 6.07) is 1.74. The van der Waals surface area contributed by atoms with Gasteiger partial charge in [-0.2, -0.15) is 0 Å². The van der Waals surface area contributed by atoms with E-state index in [2.05, 4.69) is 20.7 Å². The van der Waals surface area contributed by atoms with Crippen LogP contribution in [0.1, 0.15) is 38.4 Å². The first kappa shape index (κ1) is 15.0. The average molecular weight is 281 g/mol. The number of nitrogen functional groups attached to an aromatic ring is 1. The van der Waals surface area contributed by atoms with E-state index in [1.807, 2.05) is 6.92 Å². The van der Waals surface area contributed by atoms with E-state index in [1.54, 1.807) is 6.07 Å². The molecule has 0 saturated heterocycles. The molecule has 1 aromatic rings. The van der Waals surface area contributed by atoms with E-state index >= 15 is 0 Å². The van der Waals surface area contributed by atoms with Crippen molar-refractivity contribution in [1.29, 1.82) is 0 Å². The van der Waals surface area contributed by atoms with Crippen LogP contribution in [0.3, 0.4) is 0 Å². The first-order valence-electron chi connectivity index (χ1n) is 7.03. The van der Waals surface area contributed by atoms with E-state index in [1.165, 1.54) is 0 Å². The molecular weight excluding hydrogens is 258 g/mol. The van der Waals surface area contributed by atoms with Gasteiger partial charge >= 0.3 is 0 Å². The molecule has 1 heterocycles. The molecule has 0 radical (unpaired) electrons. The second-order valence-corrected chi connectivity index (χ2v) is 5.11. The van der Waals surface area contributed by atoms with E-state index in [4.69, 9.17) is 10.6 Å². The molecule has 0 bridgehead atoms.